The van der Waals surface area contributed by atoms with Crippen molar-refractivity contribution in [3.63, 3.8) is 0 Å². The minimum absolute atomic E-state index is 0.0554. The van der Waals surface area contributed by atoms with Gasteiger partial charge in [0.1, 0.15) is 6.54 Å². The summed E-state index contributed by atoms with van der Waals surface area (Å²) in [6.45, 7) is 10.3. The standard InChI is InChI=1S/C23H35N3O2/c1-5-25(6-2)21-12-13-22(18(3)16-21)26(19(4)27)17-23(28)24-15-14-20-10-8-7-9-11-20/h10,12-13,16H,5-9,11,14-15,17H2,1-4H3,(H,24,28). The van der Waals surface area contributed by atoms with Gasteiger partial charge in [0.05, 0.1) is 0 Å². The van der Waals surface area contributed by atoms with Crippen LogP contribution in [-0.4, -0.2) is 38.0 Å². The summed E-state index contributed by atoms with van der Waals surface area (Å²) in [6.07, 6.45) is 8.04. The molecule has 1 aliphatic carbocycles. The van der Waals surface area contributed by atoms with Crippen LogP contribution in [0.1, 0.15) is 58.4 Å². The summed E-state index contributed by atoms with van der Waals surface area (Å²) in [5.41, 5.74) is 4.38. The zero-order chi connectivity index (χ0) is 20.5. The quantitative estimate of drug-likeness (QED) is 0.648. The molecule has 0 aliphatic heterocycles. The van der Waals surface area contributed by atoms with Crippen LogP contribution in [0.15, 0.2) is 29.8 Å². The second kappa shape index (κ2) is 10.9. The first kappa shape index (κ1) is 22.0. The number of anilines is 2. The van der Waals surface area contributed by atoms with Gasteiger partial charge in [-0.1, -0.05) is 11.6 Å². The van der Waals surface area contributed by atoms with Crippen LogP contribution >= 0.6 is 0 Å². The molecule has 28 heavy (non-hydrogen) atoms. The number of nitrogens with zero attached hydrogens (tertiary/aromatic N) is 2. The molecular weight excluding hydrogens is 350 g/mol. The Balaban J connectivity index is 1.99. The molecule has 0 unspecified atom stereocenters. The van der Waals surface area contributed by atoms with Crippen LogP contribution in [0.4, 0.5) is 11.4 Å². The fourth-order valence-corrected chi connectivity index (χ4v) is 3.79. The predicted octanol–water partition coefficient (Wildman–Crippen LogP) is 4.20. The highest BCUT2D eigenvalue weighted by Gasteiger charge is 2.18. The Hall–Kier alpha value is -2.30. The first-order valence-electron chi connectivity index (χ1n) is 10.5. The summed E-state index contributed by atoms with van der Waals surface area (Å²) >= 11 is 0. The molecule has 1 N–H and O–H groups in total. The average Bonchev–Trinajstić information content (AvgIpc) is 2.68. The first-order valence-corrected chi connectivity index (χ1v) is 10.5. The lowest BCUT2D eigenvalue weighted by atomic mass is 9.97. The van der Waals surface area contributed by atoms with E-state index in [-0.39, 0.29) is 18.4 Å². The number of hydrogen-bond acceptors (Lipinski definition) is 3. The van der Waals surface area contributed by atoms with E-state index in [0.717, 1.165) is 49.3 Å². The Bertz CT molecular complexity index is 708. The first-order chi connectivity index (χ1) is 13.5. The average molecular weight is 386 g/mol. The van der Waals surface area contributed by atoms with Crippen molar-refractivity contribution in [2.75, 3.05) is 36.0 Å². The summed E-state index contributed by atoms with van der Waals surface area (Å²) in [6, 6.07) is 6.06. The zero-order valence-electron chi connectivity index (χ0n) is 17.9. The van der Waals surface area contributed by atoms with Gasteiger partial charge in [-0.3, -0.25) is 9.59 Å². The maximum atomic E-state index is 12.4. The van der Waals surface area contributed by atoms with Crippen molar-refractivity contribution < 1.29 is 9.59 Å². The van der Waals surface area contributed by atoms with E-state index in [4.69, 9.17) is 0 Å². The lowest BCUT2D eigenvalue weighted by Crippen LogP contribution is -2.40. The molecule has 2 rings (SSSR count). The van der Waals surface area contributed by atoms with Crippen LogP contribution < -0.4 is 15.1 Å². The molecule has 1 aromatic carbocycles. The van der Waals surface area contributed by atoms with Gasteiger partial charge in [-0.2, -0.15) is 0 Å². The Kier molecular flexibility index (Phi) is 8.55. The third-order valence-electron chi connectivity index (χ3n) is 5.43. The molecule has 2 amide bonds. The highest BCUT2D eigenvalue weighted by atomic mass is 16.2. The summed E-state index contributed by atoms with van der Waals surface area (Å²) in [4.78, 5) is 28.5. The molecule has 0 saturated heterocycles. The smallest absolute Gasteiger partial charge is 0.240 e. The molecule has 0 radical (unpaired) electrons. The van der Waals surface area contributed by atoms with Crippen molar-refractivity contribution >= 4 is 23.2 Å². The lowest BCUT2D eigenvalue weighted by molar-refractivity contribution is -0.123. The normalized spacial score (nSPS) is 13.6. The van der Waals surface area contributed by atoms with Crippen molar-refractivity contribution in [3.8, 4) is 0 Å². The van der Waals surface area contributed by atoms with E-state index < -0.39 is 0 Å². The van der Waals surface area contributed by atoms with Gasteiger partial charge in [0.2, 0.25) is 11.8 Å². The van der Waals surface area contributed by atoms with E-state index in [9.17, 15) is 9.59 Å². The van der Waals surface area contributed by atoms with Crippen LogP contribution in [0.5, 0.6) is 0 Å². The van der Waals surface area contributed by atoms with E-state index >= 15 is 0 Å². The molecule has 0 atom stereocenters. The molecule has 1 aliphatic rings. The number of nitrogens with one attached hydrogen (secondary N) is 1. The number of rotatable bonds is 9. The molecule has 0 heterocycles. The van der Waals surface area contributed by atoms with Crippen molar-refractivity contribution in [2.45, 2.75) is 59.8 Å². The molecule has 0 bridgehead atoms. The summed E-state index contributed by atoms with van der Waals surface area (Å²) < 4.78 is 0. The number of aryl methyl sites for hydroxylation is 1. The fourth-order valence-electron chi connectivity index (χ4n) is 3.79. The van der Waals surface area contributed by atoms with Gasteiger partial charge in [0.15, 0.2) is 0 Å². The molecule has 0 spiro atoms. The van der Waals surface area contributed by atoms with Gasteiger partial charge in [0, 0.05) is 37.9 Å². The van der Waals surface area contributed by atoms with E-state index in [1.54, 1.807) is 4.90 Å². The van der Waals surface area contributed by atoms with Crippen LogP contribution in [0.25, 0.3) is 0 Å². The van der Waals surface area contributed by atoms with E-state index in [2.05, 4.69) is 36.2 Å². The van der Waals surface area contributed by atoms with Crippen LogP contribution in [0.3, 0.4) is 0 Å². The van der Waals surface area contributed by atoms with Crippen LogP contribution in [0.2, 0.25) is 0 Å². The molecule has 0 saturated carbocycles. The van der Waals surface area contributed by atoms with Crippen molar-refractivity contribution in [1.29, 1.82) is 0 Å². The van der Waals surface area contributed by atoms with E-state index in [1.807, 2.05) is 19.1 Å². The number of allylic oxidation sites excluding steroid dienone is 1. The third-order valence-corrected chi connectivity index (χ3v) is 5.43. The molecule has 154 valence electrons. The molecule has 0 fully saturated rings. The summed E-state index contributed by atoms with van der Waals surface area (Å²) in [5, 5.41) is 2.97. The number of carbonyl (C=O) groups is 2. The Morgan fingerprint density at radius 1 is 1.14 bits per heavy atom. The number of carbonyl (C=O) groups excluding carboxylic acids is 2. The second-order valence-corrected chi connectivity index (χ2v) is 7.46. The number of amides is 2. The highest BCUT2D eigenvalue weighted by Crippen LogP contribution is 2.26. The molecular formula is C23H35N3O2. The van der Waals surface area contributed by atoms with Crippen LogP contribution in [0, 0.1) is 6.92 Å². The molecule has 1 aromatic rings. The minimum atomic E-state index is -0.121. The topological polar surface area (TPSA) is 52.6 Å². The maximum Gasteiger partial charge on any atom is 0.240 e. The number of benzene rings is 1. The molecule has 0 aromatic heterocycles. The fraction of sp³-hybridized carbons (Fsp3) is 0.565. The number of hydrogen-bond donors (Lipinski definition) is 1. The Morgan fingerprint density at radius 2 is 1.89 bits per heavy atom. The van der Waals surface area contributed by atoms with Gasteiger partial charge in [-0.15, -0.1) is 0 Å². The third kappa shape index (κ3) is 6.11. The van der Waals surface area contributed by atoms with E-state index in [1.165, 1.54) is 25.3 Å². The van der Waals surface area contributed by atoms with Gasteiger partial charge in [-0.05, 0) is 76.6 Å². The monoisotopic (exact) mass is 385 g/mol. The van der Waals surface area contributed by atoms with E-state index in [0.29, 0.717) is 6.54 Å². The zero-order valence-corrected chi connectivity index (χ0v) is 17.9. The summed E-state index contributed by atoms with van der Waals surface area (Å²) in [5.74, 6) is -0.234. The highest BCUT2D eigenvalue weighted by molar-refractivity contribution is 5.98. The van der Waals surface area contributed by atoms with Gasteiger partial charge >= 0.3 is 0 Å². The SMILES string of the molecule is CCN(CC)c1ccc(N(CC(=O)NCCC2=CCCCC2)C(C)=O)c(C)c1. The molecule has 5 nitrogen and oxygen atoms in total. The van der Waals surface area contributed by atoms with Gasteiger partial charge in [0.25, 0.3) is 0 Å². The Labute approximate surface area is 169 Å². The van der Waals surface area contributed by atoms with Gasteiger partial charge < -0.3 is 15.1 Å². The largest absolute Gasteiger partial charge is 0.372 e. The van der Waals surface area contributed by atoms with Gasteiger partial charge in [-0.25, -0.2) is 0 Å². The Morgan fingerprint density at radius 3 is 2.46 bits per heavy atom. The lowest BCUT2D eigenvalue weighted by Gasteiger charge is -2.26. The minimum Gasteiger partial charge on any atom is -0.372 e. The van der Waals surface area contributed by atoms with Crippen LogP contribution in [-0.2, 0) is 9.59 Å². The molecule has 5 heteroatoms. The van der Waals surface area contributed by atoms with Crippen molar-refractivity contribution in [3.05, 3.63) is 35.4 Å². The summed E-state index contributed by atoms with van der Waals surface area (Å²) in [7, 11) is 0. The van der Waals surface area contributed by atoms with Crippen molar-refractivity contribution in [1.82, 2.24) is 5.32 Å². The van der Waals surface area contributed by atoms with Crippen molar-refractivity contribution in [2.24, 2.45) is 0 Å². The predicted molar refractivity (Wildman–Crippen MR) is 117 cm³/mol. The second-order valence-electron chi connectivity index (χ2n) is 7.46. The maximum absolute atomic E-state index is 12.4.